The Labute approximate surface area is 269 Å². The third-order valence-corrected chi connectivity index (χ3v) is 8.50. The first-order valence-corrected chi connectivity index (χ1v) is 16.0. The summed E-state index contributed by atoms with van der Waals surface area (Å²) in [5.41, 5.74) is -0.225. The summed E-state index contributed by atoms with van der Waals surface area (Å²) >= 11 is 0. The van der Waals surface area contributed by atoms with Crippen molar-refractivity contribution < 1.29 is 45.7 Å². The molecule has 4 rings (SSSR count). The number of hydrogen-bond acceptors (Lipinski definition) is 9. The maximum Gasteiger partial charge on any atom is 0.435 e. The fourth-order valence-corrected chi connectivity index (χ4v) is 5.57. The number of piperidine rings is 1. The predicted octanol–water partition coefficient (Wildman–Crippen LogP) is 5.13. The van der Waals surface area contributed by atoms with E-state index in [1.165, 1.54) is 19.1 Å². The molecule has 1 aromatic heterocycles. The van der Waals surface area contributed by atoms with Crippen LogP contribution >= 0.6 is 0 Å². The Morgan fingerprint density at radius 3 is 2.34 bits per heavy atom. The summed E-state index contributed by atoms with van der Waals surface area (Å²) in [5.74, 6) is -2.32. The summed E-state index contributed by atoms with van der Waals surface area (Å²) in [6, 6.07) is 12.6. The number of aryl methyl sites for hydroxylation is 1. The largest absolute Gasteiger partial charge is 0.569 e. The highest BCUT2D eigenvalue weighted by molar-refractivity contribution is 7.90. The highest BCUT2D eigenvalue weighted by Crippen LogP contribution is 2.33. The summed E-state index contributed by atoms with van der Waals surface area (Å²) in [5, 5.41) is 20.7. The number of alkyl halides is 3. The van der Waals surface area contributed by atoms with E-state index in [9.17, 15) is 36.4 Å². The van der Waals surface area contributed by atoms with E-state index in [0.29, 0.717) is 12.0 Å². The predicted molar refractivity (Wildman–Crippen MR) is 161 cm³/mol. The normalized spacial score (nSPS) is 16.8. The second kappa shape index (κ2) is 13.6. The molecule has 0 bridgehead atoms. The number of benzene rings is 2. The van der Waals surface area contributed by atoms with Gasteiger partial charge in [-0.25, -0.2) is 17.8 Å². The van der Waals surface area contributed by atoms with Crippen LogP contribution in [-0.2, 0) is 35.4 Å². The SMILES string of the molecule is Cc1ccc(-c2cc(C(F)(F)F)nn2-c2ccc(S(=O)(=O)NC(=O)C3CCCN([N+]([O-])=NOC(C)OC(=O)C(C)(C)C)C3)cc2)cc1. The van der Waals surface area contributed by atoms with Gasteiger partial charge < -0.3 is 9.94 Å². The number of rotatable bonds is 9. The minimum atomic E-state index is -4.71. The van der Waals surface area contributed by atoms with E-state index in [1.807, 2.05) is 11.6 Å². The molecule has 17 heteroatoms. The van der Waals surface area contributed by atoms with Gasteiger partial charge in [0.1, 0.15) is 0 Å². The third-order valence-electron chi connectivity index (χ3n) is 7.14. The molecule has 254 valence electrons. The fourth-order valence-electron chi connectivity index (χ4n) is 4.52. The van der Waals surface area contributed by atoms with E-state index in [-0.39, 0.29) is 40.8 Å². The van der Waals surface area contributed by atoms with E-state index in [4.69, 9.17) is 9.57 Å². The summed E-state index contributed by atoms with van der Waals surface area (Å²) < 4.78 is 74.9. The van der Waals surface area contributed by atoms with Crippen LogP contribution in [-0.4, -0.2) is 59.4 Å². The highest BCUT2D eigenvalue weighted by atomic mass is 32.2. The van der Waals surface area contributed by atoms with Crippen LogP contribution in [0.1, 0.15) is 51.8 Å². The molecular formula is C30H35F3N6O7S. The first kappa shape index (κ1) is 35.2. The summed E-state index contributed by atoms with van der Waals surface area (Å²) in [6.07, 6.45) is -5.22. The molecule has 0 aliphatic carbocycles. The van der Waals surface area contributed by atoms with E-state index in [1.54, 1.807) is 45.0 Å². The second-order valence-corrected chi connectivity index (χ2v) is 13.8. The minimum Gasteiger partial charge on any atom is -0.569 e. The number of esters is 1. The van der Waals surface area contributed by atoms with Gasteiger partial charge >= 0.3 is 12.1 Å². The third kappa shape index (κ3) is 8.78. The highest BCUT2D eigenvalue weighted by Gasteiger charge is 2.36. The molecule has 0 spiro atoms. The van der Waals surface area contributed by atoms with Crippen LogP contribution < -0.4 is 4.72 Å². The molecule has 3 aromatic rings. The smallest absolute Gasteiger partial charge is 0.435 e. The van der Waals surface area contributed by atoms with Crippen LogP contribution in [0.4, 0.5) is 13.2 Å². The topological polar surface area (TPSA) is 158 Å². The van der Waals surface area contributed by atoms with Crippen molar-refractivity contribution in [2.45, 2.75) is 64.8 Å². The Bertz CT molecular complexity index is 1730. The number of carbonyl (C=O) groups is 2. The number of halogens is 3. The molecule has 1 aliphatic heterocycles. The number of nitrogens with one attached hydrogen (secondary N) is 1. The average molecular weight is 681 g/mol. The van der Waals surface area contributed by atoms with Gasteiger partial charge in [0.15, 0.2) is 5.69 Å². The Morgan fingerprint density at radius 2 is 1.74 bits per heavy atom. The molecule has 47 heavy (non-hydrogen) atoms. The molecule has 0 radical (unpaired) electrons. The number of amides is 1. The quantitative estimate of drug-likeness (QED) is 0.106. The monoisotopic (exact) mass is 680 g/mol. The van der Waals surface area contributed by atoms with Gasteiger partial charge in [-0.05, 0) is 70.9 Å². The van der Waals surface area contributed by atoms with Crippen LogP contribution in [0.25, 0.3) is 16.9 Å². The maximum absolute atomic E-state index is 13.5. The van der Waals surface area contributed by atoms with Gasteiger partial charge in [0, 0.05) is 12.5 Å². The minimum absolute atomic E-state index is 0.110. The molecule has 1 saturated heterocycles. The molecule has 1 amide bonds. The summed E-state index contributed by atoms with van der Waals surface area (Å²) in [7, 11) is -4.39. The van der Waals surface area contributed by atoms with Gasteiger partial charge in [-0.1, -0.05) is 29.8 Å². The lowest BCUT2D eigenvalue weighted by molar-refractivity contribution is -0.715. The van der Waals surface area contributed by atoms with Crippen molar-refractivity contribution in [2.24, 2.45) is 16.6 Å². The van der Waals surface area contributed by atoms with Crippen molar-refractivity contribution in [2.75, 3.05) is 13.1 Å². The molecule has 13 nitrogen and oxygen atoms in total. The van der Waals surface area contributed by atoms with Crippen LogP contribution in [0.2, 0.25) is 0 Å². The molecule has 2 atom stereocenters. The van der Waals surface area contributed by atoms with Crippen molar-refractivity contribution in [1.82, 2.24) is 19.5 Å². The van der Waals surface area contributed by atoms with E-state index in [0.717, 1.165) is 33.5 Å². The zero-order valence-corrected chi connectivity index (χ0v) is 27.1. The molecule has 1 N–H and O–H groups in total. The van der Waals surface area contributed by atoms with Crippen LogP contribution in [0.15, 0.2) is 64.8 Å². The standard InChI is InChI=1S/C30H35F3N6O7S/c1-19-8-10-21(11-9-19)25-17-26(30(31,32)33)34-38(25)23-12-14-24(15-13-23)47(43,44)35-27(40)22-7-6-16-37(18-22)39(42)36-46-20(2)45-28(41)29(3,4)5/h8-15,17,20,22H,6-7,16,18H2,1-5H3,(H,35,40). The lowest BCUT2D eigenvalue weighted by Gasteiger charge is -2.28. The number of ether oxygens (including phenoxy) is 1. The Kier molecular flexibility index (Phi) is 10.2. The summed E-state index contributed by atoms with van der Waals surface area (Å²) in [4.78, 5) is 29.7. The molecule has 1 aliphatic rings. The first-order chi connectivity index (χ1) is 21.8. The lowest BCUT2D eigenvalue weighted by atomic mass is 9.97. The van der Waals surface area contributed by atoms with Crippen LogP contribution in [0.5, 0.6) is 0 Å². The van der Waals surface area contributed by atoms with Gasteiger partial charge in [0.25, 0.3) is 16.3 Å². The average Bonchev–Trinajstić information content (AvgIpc) is 3.46. The Hall–Kier alpha value is -4.67. The van der Waals surface area contributed by atoms with Gasteiger partial charge in [-0.3, -0.25) is 14.4 Å². The summed E-state index contributed by atoms with van der Waals surface area (Å²) in [6.45, 7) is 8.19. The van der Waals surface area contributed by atoms with Crippen LogP contribution in [0, 0.1) is 23.5 Å². The molecule has 2 unspecified atom stereocenters. The van der Waals surface area contributed by atoms with Crippen molar-refractivity contribution in [1.29, 1.82) is 0 Å². The zero-order valence-electron chi connectivity index (χ0n) is 26.3. The number of hydrogen-bond donors (Lipinski definition) is 1. The number of nitrogens with zero attached hydrogens (tertiary/aromatic N) is 5. The second-order valence-electron chi connectivity index (χ2n) is 12.1. The van der Waals surface area contributed by atoms with Crippen LogP contribution in [0.3, 0.4) is 0 Å². The molecule has 1 fully saturated rings. The molecular weight excluding hydrogens is 645 g/mol. The maximum atomic E-state index is 13.5. The number of hydrazine groups is 1. The molecule has 0 saturated carbocycles. The fraction of sp³-hybridized carbons (Fsp3) is 0.433. The number of sulfonamides is 1. The van der Waals surface area contributed by atoms with Crippen molar-refractivity contribution in [3.8, 4) is 16.9 Å². The van der Waals surface area contributed by atoms with Gasteiger partial charge in [-0.2, -0.15) is 18.3 Å². The molecule has 2 heterocycles. The lowest BCUT2D eigenvalue weighted by Crippen LogP contribution is -2.46. The number of aromatic nitrogens is 2. The van der Waals surface area contributed by atoms with Gasteiger partial charge in [-0.15, -0.1) is 5.01 Å². The van der Waals surface area contributed by atoms with Crippen molar-refractivity contribution in [3.05, 3.63) is 71.1 Å². The number of carbonyl (C=O) groups excluding carboxylic acids is 2. The van der Waals surface area contributed by atoms with Gasteiger partial charge in [0.05, 0.1) is 45.7 Å². The Morgan fingerprint density at radius 1 is 1.11 bits per heavy atom. The first-order valence-electron chi connectivity index (χ1n) is 14.6. The van der Waals surface area contributed by atoms with Crippen molar-refractivity contribution in [3.63, 3.8) is 0 Å². The van der Waals surface area contributed by atoms with E-state index in [2.05, 4.69) is 10.4 Å². The Balaban J connectivity index is 1.44. The zero-order chi connectivity index (χ0) is 34.7. The van der Waals surface area contributed by atoms with E-state index < -0.39 is 51.4 Å². The van der Waals surface area contributed by atoms with Gasteiger partial charge in [0.2, 0.25) is 11.2 Å². The molecule has 2 aromatic carbocycles. The van der Waals surface area contributed by atoms with E-state index >= 15 is 0 Å². The van der Waals surface area contributed by atoms with Crippen molar-refractivity contribution >= 4 is 21.9 Å².